The fourth-order valence-corrected chi connectivity index (χ4v) is 3.25. The minimum absolute atomic E-state index is 0. The monoisotopic (exact) mass is 883 g/mol. The molecule has 24 heteroatoms. The maximum Gasteiger partial charge on any atom is 0 e. The van der Waals surface area contributed by atoms with Crippen molar-refractivity contribution in [3.05, 3.63) is 31.8 Å². The molecular weight excluding hydrogens is 847 g/mol. The average molecular weight is 883 g/mol. The average Bonchev–Trinajstić information content (AvgIpc) is 3.53. The Bertz CT molecular complexity index is 1270. The third-order valence-corrected chi connectivity index (χ3v) is 5.43. The molecule has 0 aliphatic rings. The van der Waals surface area contributed by atoms with Crippen LogP contribution in [0.25, 0.3) is 0 Å². The van der Waals surface area contributed by atoms with Crippen LogP contribution in [0.1, 0.15) is 31.4 Å². The molecule has 0 aliphatic carbocycles. The predicted octanol–water partition coefficient (Wildman–Crippen LogP) is -5.54. The van der Waals surface area contributed by atoms with E-state index in [0.29, 0.717) is 24.9 Å². The van der Waals surface area contributed by atoms with Crippen LogP contribution < -0.4 is 37.6 Å². The molecule has 23 nitrogen and oxygen atoms in total. The second-order valence-corrected chi connectivity index (χ2v) is 9.01. The Balaban J connectivity index is -0.00000143. The molecule has 275 valence electrons. The van der Waals surface area contributed by atoms with Gasteiger partial charge in [0.2, 0.25) is 35.9 Å². The second-order valence-electron chi connectivity index (χ2n) is 9.01. The largest absolute Gasteiger partial charge is 0 e. The number of unbranched alkanes of at least 4 members (excludes halogenated alkanes) is 1. The van der Waals surface area contributed by atoms with Crippen molar-refractivity contribution in [2.24, 2.45) is 5.73 Å². The van der Waals surface area contributed by atoms with Gasteiger partial charge >= 0.3 is 45.8 Å². The van der Waals surface area contributed by atoms with Crippen molar-refractivity contribution in [1.29, 1.82) is 0 Å². The number of aliphatic carboxylic acids is 2. The van der Waals surface area contributed by atoms with Crippen LogP contribution in [-0.4, -0.2) is 118 Å². The summed E-state index contributed by atoms with van der Waals surface area (Å²) in [7, 11) is 0. The van der Waals surface area contributed by atoms with Gasteiger partial charge in [0.05, 0.1) is 25.3 Å². The second kappa shape index (κ2) is 33.6. The van der Waals surface area contributed by atoms with Gasteiger partial charge in [0.1, 0.15) is 18.6 Å². The standard InChI is InChI=1S/C23H36N10O10.3CO.Re/c24-15(22(40)41)7-14-11-33(32-31-14)12-21(39)26-5-2-1-3-16(23(42)43)30-17(35)4-6-27-19(37)9-29-20(38)10-28-18(36)8-25-13-34;3*1-2;/h11,13,15-16H,1-10,12,24H2,(H,25,34)(H,26,39)(H,27,37)(H,28,36)(H,29,38)(H,30,35)(H,40,41)(H,42,43);;;;/t15-,16?;;;;/m0..../s1. The first-order valence-corrected chi connectivity index (χ1v) is 13.7. The van der Waals surface area contributed by atoms with Gasteiger partial charge in [0.15, 0.2) is 0 Å². The summed E-state index contributed by atoms with van der Waals surface area (Å²) >= 11 is 0. The molecular formula is C26H36N10O13Re. The quantitative estimate of drug-likeness (QED) is 0.0227. The van der Waals surface area contributed by atoms with Crippen molar-refractivity contribution in [3.63, 3.8) is 0 Å². The summed E-state index contributed by atoms with van der Waals surface area (Å²) in [5.41, 5.74) is 5.76. The Morgan fingerprint density at radius 3 is 1.88 bits per heavy atom. The van der Waals surface area contributed by atoms with Gasteiger partial charge in [-0.05, 0) is 19.3 Å². The van der Waals surface area contributed by atoms with Crippen molar-refractivity contribution in [2.75, 3.05) is 32.7 Å². The van der Waals surface area contributed by atoms with E-state index in [0.717, 1.165) is 0 Å². The smallest absolute Gasteiger partial charge is 0 e. The summed E-state index contributed by atoms with van der Waals surface area (Å²) in [5, 5.41) is 39.7. The van der Waals surface area contributed by atoms with Gasteiger partial charge in [-0.15, -0.1) is 5.10 Å². The number of rotatable bonds is 22. The van der Waals surface area contributed by atoms with Crippen LogP contribution in [0.15, 0.2) is 6.20 Å². The van der Waals surface area contributed by atoms with E-state index in [-0.39, 0.29) is 71.8 Å². The number of nitrogens with one attached hydrogen (secondary N) is 6. The Morgan fingerprint density at radius 2 is 1.34 bits per heavy atom. The van der Waals surface area contributed by atoms with E-state index in [4.69, 9.17) is 24.8 Å². The first kappa shape index (κ1) is 51.6. The van der Waals surface area contributed by atoms with Crippen molar-refractivity contribution in [3.8, 4) is 0 Å². The summed E-state index contributed by atoms with van der Waals surface area (Å²) < 4.78 is 23.7. The zero-order valence-corrected chi connectivity index (χ0v) is 29.0. The zero-order chi connectivity index (χ0) is 38.2. The van der Waals surface area contributed by atoms with E-state index in [1.165, 1.54) is 10.9 Å². The molecule has 10 N–H and O–H groups in total. The summed E-state index contributed by atoms with van der Waals surface area (Å²) in [6, 6.07) is -2.32. The molecule has 0 bridgehead atoms. The van der Waals surface area contributed by atoms with Gasteiger partial charge in [-0.25, -0.2) is 9.48 Å². The van der Waals surface area contributed by atoms with Gasteiger partial charge in [-0.2, -0.15) is 0 Å². The van der Waals surface area contributed by atoms with Crippen molar-refractivity contribution in [1.82, 2.24) is 46.9 Å². The van der Waals surface area contributed by atoms with Crippen LogP contribution in [0, 0.1) is 20.0 Å². The normalized spacial score (nSPS) is 10.2. The molecule has 2 atom stereocenters. The number of carboxylic acids is 2. The number of nitrogens with two attached hydrogens (primary N) is 1. The maximum absolute atomic E-state index is 12.1. The van der Waals surface area contributed by atoms with Gasteiger partial charge in [0.25, 0.3) is 0 Å². The molecule has 0 spiro atoms. The van der Waals surface area contributed by atoms with E-state index < -0.39 is 60.7 Å². The van der Waals surface area contributed by atoms with Crippen LogP contribution in [-0.2, 0) is 85.7 Å². The van der Waals surface area contributed by atoms with Crippen LogP contribution >= 0.6 is 0 Å². The molecule has 1 heterocycles. The molecule has 6 amide bonds. The summed E-state index contributed by atoms with van der Waals surface area (Å²) in [6.45, 7) is 12.3. The Labute approximate surface area is 298 Å². The number of carbonyl (C=O) groups excluding carboxylic acids is 6. The Morgan fingerprint density at radius 1 is 0.800 bits per heavy atom. The van der Waals surface area contributed by atoms with Crippen LogP contribution in [0.2, 0.25) is 0 Å². The molecule has 0 saturated carbocycles. The van der Waals surface area contributed by atoms with Crippen LogP contribution in [0.5, 0.6) is 0 Å². The van der Waals surface area contributed by atoms with E-state index in [1.807, 2.05) is 0 Å². The van der Waals surface area contributed by atoms with E-state index >= 15 is 0 Å². The molecule has 1 rings (SSSR count). The van der Waals surface area contributed by atoms with Crippen molar-refractivity contribution >= 4 is 47.9 Å². The molecule has 0 saturated heterocycles. The minimum atomic E-state index is -1.25. The Kier molecular flexibility index (Phi) is 34.7. The van der Waals surface area contributed by atoms with Crippen LogP contribution in [0.4, 0.5) is 0 Å². The number of hydrogen-bond acceptors (Lipinski definition) is 11. The van der Waals surface area contributed by atoms with E-state index in [2.05, 4.69) is 62.2 Å². The zero-order valence-electron chi connectivity index (χ0n) is 26.3. The first-order chi connectivity index (χ1) is 23.4. The summed E-state index contributed by atoms with van der Waals surface area (Å²) in [4.78, 5) is 91.3. The molecule has 1 unspecified atom stereocenters. The van der Waals surface area contributed by atoms with Gasteiger partial charge in [-0.3, -0.25) is 33.6 Å². The third-order valence-electron chi connectivity index (χ3n) is 5.43. The number of amides is 6. The number of nitrogens with zero attached hydrogens (tertiary/aromatic N) is 3. The fourth-order valence-electron chi connectivity index (χ4n) is 3.25. The van der Waals surface area contributed by atoms with Crippen molar-refractivity contribution in [2.45, 2.75) is 50.7 Å². The fraction of sp³-hybridized carbons (Fsp3) is 0.500. The number of hydrogen-bond donors (Lipinski definition) is 9. The number of aromatic nitrogens is 3. The molecule has 1 radical (unpaired) electrons. The van der Waals surface area contributed by atoms with Gasteiger partial charge in [-0.1, -0.05) is 5.21 Å². The number of carboxylic acid groups (broad SMARTS) is 2. The third kappa shape index (κ3) is 27.8. The van der Waals surface area contributed by atoms with Gasteiger partial charge < -0.3 is 47.8 Å². The predicted molar refractivity (Wildman–Crippen MR) is 155 cm³/mol. The molecule has 0 fully saturated rings. The molecule has 0 aromatic carbocycles. The molecule has 50 heavy (non-hydrogen) atoms. The maximum atomic E-state index is 12.1. The molecule has 1 aromatic rings. The minimum Gasteiger partial charge on any atom is 0 e. The van der Waals surface area contributed by atoms with Crippen LogP contribution in [0.3, 0.4) is 0 Å². The van der Waals surface area contributed by atoms with Crippen molar-refractivity contribution < 1.29 is 82.9 Å². The van der Waals surface area contributed by atoms with E-state index in [1.54, 1.807) is 0 Å². The Hall–Kier alpha value is -5.26. The topological polar surface area (TPSA) is 366 Å². The summed E-state index contributed by atoms with van der Waals surface area (Å²) in [6.07, 6.45) is 2.35. The number of carbonyl (C=O) groups is 8. The SMILES string of the molecule is N[C@@H](Cc1cn(CC(=O)NCCCCC(NC(=O)CCNC(=O)CNC(=O)CNC(=O)CNC=O)C(=O)O)nn1)C(=O)O.[C-]#[O+].[C-]#[O+].[C-]#[O+].[Re]. The van der Waals surface area contributed by atoms with Gasteiger partial charge in [0, 0.05) is 52.6 Å². The van der Waals surface area contributed by atoms with E-state index in [9.17, 15) is 43.5 Å². The molecule has 0 aliphatic heterocycles. The first-order valence-electron chi connectivity index (χ1n) is 13.7. The summed E-state index contributed by atoms with van der Waals surface area (Å²) in [5.74, 6) is -5.30. The molecule has 1 aromatic heterocycles.